The van der Waals surface area contributed by atoms with Gasteiger partial charge in [-0.1, -0.05) is 0 Å². The van der Waals surface area contributed by atoms with Crippen LogP contribution in [-0.4, -0.2) is 28.2 Å². The number of hydrogen-bond donors (Lipinski definition) is 3. The third kappa shape index (κ3) is 16.5. The summed E-state index contributed by atoms with van der Waals surface area (Å²) in [5.41, 5.74) is 5.00. The van der Waals surface area contributed by atoms with E-state index in [4.69, 9.17) is 15.9 Å². The Kier molecular flexibility index (Phi) is 17.4. The second-order valence-electron chi connectivity index (χ2n) is 1.88. The number of rotatable bonds is 4. The molecule has 0 heterocycles. The Morgan fingerprint density at radius 1 is 1.14 bits per heavy atom. The molecule has 0 aliphatic carbocycles. The molecule has 0 fully saturated rings. The van der Waals surface area contributed by atoms with Crippen LogP contribution in [0.2, 0.25) is 0 Å². The van der Waals surface area contributed by atoms with Crippen molar-refractivity contribution in [1.29, 1.82) is 0 Å². The number of carboxylic acid groups (broad SMARTS) is 2. The lowest BCUT2D eigenvalue weighted by Gasteiger charge is -2.01. The average Bonchev–Trinajstić information content (AvgIpc) is 2.20. The van der Waals surface area contributed by atoms with E-state index in [1.165, 1.54) is 0 Å². The fourth-order valence-corrected chi connectivity index (χ4v) is 0.402. The van der Waals surface area contributed by atoms with Crippen molar-refractivity contribution in [1.82, 2.24) is 0 Å². The maximum atomic E-state index is 9.99. The maximum absolute atomic E-state index is 9.99. The van der Waals surface area contributed by atoms with Crippen LogP contribution in [0.1, 0.15) is 12.8 Å². The maximum Gasteiger partial charge on any atom is 0.320 e. The van der Waals surface area contributed by atoms with Crippen LogP contribution in [0, 0.1) is 25.7 Å². The van der Waals surface area contributed by atoms with Gasteiger partial charge in [-0.25, -0.2) is 0 Å². The number of terminal acetylenes is 2. The van der Waals surface area contributed by atoms with Crippen LogP contribution in [0.5, 0.6) is 0 Å². The first-order chi connectivity index (χ1) is 6.54. The molecule has 0 saturated carbocycles. The number of carboxylic acids is 2. The lowest BCUT2D eigenvalue weighted by atomic mass is 10.2. The highest BCUT2D eigenvalue weighted by Crippen LogP contribution is 1.93. The summed E-state index contributed by atoms with van der Waals surface area (Å²) in [6, 6.07) is -1.06. The van der Waals surface area contributed by atoms with Crippen LogP contribution in [-0.2, 0) is 9.59 Å². The molecular weight excluding hydrogens is 186 g/mol. The van der Waals surface area contributed by atoms with Crippen LogP contribution in [0.15, 0.2) is 0 Å². The van der Waals surface area contributed by atoms with Gasteiger partial charge in [-0.15, -0.1) is 25.7 Å². The van der Waals surface area contributed by atoms with Crippen LogP contribution in [0.3, 0.4) is 0 Å². The van der Waals surface area contributed by atoms with Gasteiger partial charge >= 0.3 is 11.9 Å². The zero-order valence-corrected chi connectivity index (χ0v) is 7.59. The van der Waals surface area contributed by atoms with Crippen molar-refractivity contribution in [2.24, 2.45) is 5.73 Å². The van der Waals surface area contributed by atoms with E-state index in [-0.39, 0.29) is 12.8 Å². The van der Waals surface area contributed by atoms with Gasteiger partial charge in [0.15, 0.2) is 0 Å². The van der Waals surface area contributed by atoms with Crippen molar-refractivity contribution in [3.63, 3.8) is 0 Å². The van der Waals surface area contributed by atoms with Crippen LogP contribution < -0.4 is 5.73 Å². The van der Waals surface area contributed by atoms with Gasteiger partial charge in [0, 0.05) is 6.42 Å². The lowest BCUT2D eigenvalue weighted by Crippen LogP contribution is -2.30. The summed E-state index contributed by atoms with van der Waals surface area (Å²) in [6.07, 6.45) is 15.8. The minimum Gasteiger partial charge on any atom is -0.481 e. The normalized spacial score (nSPS) is 9.21. The smallest absolute Gasteiger partial charge is 0.320 e. The molecule has 0 aromatic heterocycles. The van der Waals surface area contributed by atoms with Gasteiger partial charge in [0.2, 0.25) is 0 Å². The Balaban J connectivity index is -0.000000266. The Bertz CT molecular complexity index is 201. The standard InChI is InChI=1S/C5H9NO4.2C2H2/c6-3(5(9)10)1-2-4(7)8;2*1-2/h3H,1-2,6H2,(H,7,8)(H,9,10);2*1-2H. The van der Waals surface area contributed by atoms with E-state index < -0.39 is 18.0 Å². The second-order valence-corrected chi connectivity index (χ2v) is 1.88. The molecule has 5 heteroatoms. The van der Waals surface area contributed by atoms with Gasteiger partial charge in [0.1, 0.15) is 6.04 Å². The monoisotopic (exact) mass is 199 g/mol. The zero-order chi connectivity index (χ0) is 12.1. The number of carbonyl (C=O) groups is 2. The molecule has 1 unspecified atom stereocenters. The first-order valence-electron chi connectivity index (χ1n) is 3.41. The predicted octanol–water partition coefficient (Wildman–Crippen LogP) is -0.238. The highest BCUT2D eigenvalue weighted by molar-refractivity contribution is 5.74. The Hall–Kier alpha value is -1.98. The summed E-state index contributed by atoms with van der Waals surface area (Å²) < 4.78 is 0. The highest BCUT2D eigenvalue weighted by atomic mass is 16.4. The molecule has 0 bridgehead atoms. The highest BCUT2D eigenvalue weighted by Gasteiger charge is 2.12. The summed E-state index contributed by atoms with van der Waals surface area (Å²) in [5, 5.41) is 16.3. The van der Waals surface area contributed by atoms with E-state index in [0.717, 1.165) is 0 Å². The van der Waals surface area contributed by atoms with E-state index >= 15 is 0 Å². The molecule has 0 aliphatic rings. The van der Waals surface area contributed by atoms with Crippen molar-refractivity contribution < 1.29 is 19.8 Å². The average molecular weight is 199 g/mol. The predicted molar refractivity (Wildman–Crippen MR) is 52.3 cm³/mol. The lowest BCUT2D eigenvalue weighted by molar-refractivity contribution is -0.139. The van der Waals surface area contributed by atoms with Gasteiger partial charge in [-0.3, -0.25) is 9.59 Å². The fraction of sp³-hybridized carbons (Fsp3) is 0.333. The van der Waals surface area contributed by atoms with Crippen molar-refractivity contribution >= 4 is 11.9 Å². The number of aliphatic carboxylic acids is 2. The molecule has 0 radical (unpaired) electrons. The molecular formula is C9H13NO4. The summed E-state index contributed by atoms with van der Waals surface area (Å²) in [5.74, 6) is -2.20. The Morgan fingerprint density at radius 3 is 1.71 bits per heavy atom. The first-order valence-corrected chi connectivity index (χ1v) is 3.41. The van der Waals surface area contributed by atoms with E-state index in [1.807, 2.05) is 0 Å². The molecule has 5 nitrogen and oxygen atoms in total. The first kappa shape index (κ1) is 17.9. The molecule has 14 heavy (non-hydrogen) atoms. The summed E-state index contributed by atoms with van der Waals surface area (Å²) in [4.78, 5) is 19.9. The van der Waals surface area contributed by atoms with Crippen molar-refractivity contribution in [2.45, 2.75) is 18.9 Å². The summed E-state index contributed by atoms with van der Waals surface area (Å²) in [6.45, 7) is 0. The third-order valence-corrected chi connectivity index (χ3v) is 0.986. The minimum atomic E-state index is -1.17. The van der Waals surface area contributed by atoms with Gasteiger partial charge < -0.3 is 15.9 Å². The van der Waals surface area contributed by atoms with Gasteiger partial charge in [0.25, 0.3) is 0 Å². The van der Waals surface area contributed by atoms with Gasteiger partial charge in [-0.2, -0.15) is 0 Å². The summed E-state index contributed by atoms with van der Waals surface area (Å²) >= 11 is 0. The number of hydrogen-bond acceptors (Lipinski definition) is 3. The van der Waals surface area contributed by atoms with Gasteiger partial charge in [0.05, 0.1) is 0 Å². The number of nitrogens with two attached hydrogens (primary N) is 1. The fourth-order valence-electron chi connectivity index (χ4n) is 0.402. The molecule has 0 amide bonds. The van der Waals surface area contributed by atoms with Crippen LogP contribution >= 0.6 is 0 Å². The molecule has 0 saturated heterocycles. The van der Waals surface area contributed by atoms with Gasteiger partial charge in [-0.05, 0) is 6.42 Å². The largest absolute Gasteiger partial charge is 0.481 e. The quantitative estimate of drug-likeness (QED) is 0.542. The third-order valence-electron chi connectivity index (χ3n) is 0.986. The molecule has 78 valence electrons. The molecule has 0 aliphatic heterocycles. The molecule has 0 spiro atoms. The van der Waals surface area contributed by atoms with Crippen LogP contribution in [0.4, 0.5) is 0 Å². The molecule has 4 N–H and O–H groups in total. The second kappa shape index (κ2) is 13.6. The van der Waals surface area contributed by atoms with E-state index in [1.54, 1.807) is 0 Å². The zero-order valence-electron chi connectivity index (χ0n) is 7.59. The van der Waals surface area contributed by atoms with Crippen LogP contribution in [0.25, 0.3) is 0 Å². The summed E-state index contributed by atoms with van der Waals surface area (Å²) in [7, 11) is 0. The SMILES string of the molecule is C#C.C#C.NC(CCC(=O)O)C(=O)O. The topological polar surface area (TPSA) is 101 Å². The molecule has 0 aromatic rings. The Labute approximate surface area is 82.9 Å². The van der Waals surface area contributed by atoms with E-state index in [0.29, 0.717) is 0 Å². The van der Waals surface area contributed by atoms with Crippen molar-refractivity contribution in [2.75, 3.05) is 0 Å². The van der Waals surface area contributed by atoms with Crippen molar-refractivity contribution in [3.8, 4) is 25.7 Å². The Morgan fingerprint density at radius 2 is 1.50 bits per heavy atom. The molecule has 0 aromatic carbocycles. The molecule has 1 atom stereocenters. The molecule has 0 rings (SSSR count). The van der Waals surface area contributed by atoms with Crippen molar-refractivity contribution in [3.05, 3.63) is 0 Å². The minimum absolute atomic E-state index is 0.0231. The van der Waals surface area contributed by atoms with E-state index in [9.17, 15) is 9.59 Å². The van der Waals surface area contributed by atoms with E-state index in [2.05, 4.69) is 25.7 Å².